The van der Waals surface area contributed by atoms with Gasteiger partial charge in [-0.25, -0.2) is 4.39 Å². The second-order valence-electron chi connectivity index (χ2n) is 3.44. The highest BCUT2D eigenvalue weighted by atomic mass is 19.4. The molecule has 0 heterocycles. The lowest BCUT2D eigenvalue weighted by molar-refractivity contribution is -0.138. The fourth-order valence-electron chi connectivity index (χ4n) is 1.30. The standard InChI is InChI=1S/C10H9F4NO2/c11-7-3-5(10(12,13)14)1-2-6(7)8(15)4-9(16)17/h1-3,8H,4,15H2,(H,16,17). The van der Waals surface area contributed by atoms with Gasteiger partial charge in [0.1, 0.15) is 5.82 Å². The summed E-state index contributed by atoms with van der Waals surface area (Å²) in [7, 11) is 0. The van der Waals surface area contributed by atoms with Gasteiger partial charge in [0.15, 0.2) is 0 Å². The van der Waals surface area contributed by atoms with E-state index in [1.807, 2.05) is 0 Å². The van der Waals surface area contributed by atoms with Crippen LogP contribution in [0.15, 0.2) is 18.2 Å². The maximum Gasteiger partial charge on any atom is 0.416 e. The molecule has 0 saturated carbocycles. The molecule has 3 N–H and O–H groups in total. The molecular weight excluding hydrogens is 242 g/mol. The number of halogens is 4. The first-order chi connectivity index (χ1) is 7.71. The molecule has 0 aliphatic heterocycles. The molecule has 0 bridgehead atoms. The summed E-state index contributed by atoms with van der Waals surface area (Å²) in [5.41, 5.74) is 3.97. The maximum absolute atomic E-state index is 13.3. The lowest BCUT2D eigenvalue weighted by Crippen LogP contribution is -2.17. The number of carboxylic acids is 1. The molecule has 1 rings (SSSR count). The average molecular weight is 251 g/mol. The van der Waals surface area contributed by atoms with Crippen molar-refractivity contribution in [2.45, 2.75) is 18.6 Å². The van der Waals surface area contributed by atoms with Gasteiger partial charge in [-0.15, -0.1) is 0 Å². The van der Waals surface area contributed by atoms with Gasteiger partial charge < -0.3 is 10.8 Å². The van der Waals surface area contributed by atoms with E-state index < -0.39 is 36.0 Å². The Bertz CT molecular complexity index is 431. The Balaban J connectivity index is 3.02. The van der Waals surface area contributed by atoms with Crippen LogP contribution in [0.1, 0.15) is 23.6 Å². The summed E-state index contributed by atoms with van der Waals surface area (Å²) in [6.07, 6.45) is -5.20. The second kappa shape index (κ2) is 4.70. The zero-order chi connectivity index (χ0) is 13.2. The Labute approximate surface area is 93.8 Å². The second-order valence-corrected chi connectivity index (χ2v) is 3.44. The number of nitrogens with two attached hydrogens (primary N) is 1. The summed E-state index contributed by atoms with van der Waals surface area (Å²) in [5, 5.41) is 8.44. The Morgan fingerprint density at radius 2 is 2.00 bits per heavy atom. The predicted molar refractivity (Wildman–Crippen MR) is 50.6 cm³/mol. The zero-order valence-electron chi connectivity index (χ0n) is 8.46. The summed E-state index contributed by atoms with van der Waals surface area (Å²) >= 11 is 0. The molecule has 3 nitrogen and oxygen atoms in total. The first-order valence-corrected chi connectivity index (χ1v) is 4.56. The number of carbonyl (C=O) groups is 1. The number of hydrogen-bond donors (Lipinski definition) is 2. The van der Waals surface area contributed by atoms with E-state index in [4.69, 9.17) is 10.8 Å². The first-order valence-electron chi connectivity index (χ1n) is 4.56. The Hall–Kier alpha value is -1.63. The van der Waals surface area contributed by atoms with Crippen molar-refractivity contribution in [2.75, 3.05) is 0 Å². The van der Waals surface area contributed by atoms with Gasteiger partial charge >= 0.3 is 12.1 Å². The topological polar surface area (TPSA) is 63.3 Å². The highest BCUT2D eigenvalue weighted by Crippen LogP contribution is 2.31. The van der Waals surface area contributed by atoms with Gasteiger partial charge in [0.2, 0.25) is 0 Å². The van der Waals surface area contributed by atoms with Crippen molar-refractivity contribution >= 4 is 5.97 Å². The quantitative estimate of drug-likeness (QED) is 0.810. The Kier molecular flexibility index (Phi) is 3.72. The number of alkyl halides is 3. The van der Waals surface area contributed by atoms with Crippen LogP contribution in [0.25, 0.3) is 0 Å². The van der Waals surface area contributed by atoms with Crippen molar-refractivity contribution in [1.29, 1.82) is 0 Å². The van der Waals surface area contributed by atoms with Crippen LogP contribution in [-0.4, -0.2) is 11.1 Å². The zero-order valence-corrected chi connectivity index (χ0v) is 8.46. The van der Waals surface area contributed by atoms with Crippen LogP contribution in [0.3, 0.4) is 0 Å². The van der Waals surface area contributed by atoms with Gasteiger partial charge in [-0.1, -0.05) is 6.07 Å². The molecule has 1 unspecified atom stereocenters. The number of rotatable bonds is 3. The minimum Gasteiger partial charge on any atom is -0.481 e. The molecule has 1 atom stereocenters. The largest absolute Gasteiger partial charge is 0.481 e. The monoisotopic (exact) mass is 251 g/mol. The summed E-state index contributed by atoms with van der Waals surface area (Å²) in [5.74, 6) is -2.41. The van der Waals surface area contributed by atoms with Crippen molar-refractivity contribution in [1.82, 2.24) is 0 Å². The molecule has 0 aliphatic rings. The fraction of sp³-hybridized carbons (Fsp3) is 0.300. The molecule has 7 heteroatoms. The maximum atomic E-state index is 13.3. The number of hydrogen-bond acceptors (Lipinski definition) is 2. The van der Waals surface area contributed by atoms with Crippen molar-refractivity contribution in [3.8, 4) is 0 Å². The Morgan fingerprint density at radius 3 is 2.41 bits per heavy atom. The van der Waals surface area contributed by atoms with Gasteiger partial charge in [0.25, 0.3) is 0 Å². The summed E-state index contributed by atoms with van der Waals surface area (Å²) in [6, 6.07) is 0.651. The van der Waals surface area contributed by atoms with E-state index in [-0.39, 0.29) is 5.56 Å². The molecule has 1 aromatic rings. The SMILES string of the molecule is NC(CC(=O)O)c1ccc(C(F)(F)F)cc1F. The molecular formula is C10H9F4NO2. The molecule has 0 radical (unpaired) electrons. The van der Waals surface area contributed by atoms with E-state index in [9.17, 15) is 22.4 Å². The molecule has 94 valence electrons. The van der Waals surface area contributed by atoms with Crippen molar-refractivity contribution in [3.05, 3.63) is 35.1 Å². The lowest BCUT2D eigenvalue weighted by Gasteiger charge is -2.13. The van der Waals surface area contributed by atoms with Gasteiger partial charge in [-0.2, -0.15) is 13.2 Å². The van der Waals surface area contributed by atoms with Crippen LogP contribution in [0.4, 0.5) is 17.6 Å². The molecule has 0 fully saturated rings. The molecule has 0 aromatic heterocycles. The van der Waals surface area contributed by atoms with Crippen molar-refractivity contribution in [2.24, 2.45) is 5.73 Å². The first kappa shape index (κ1) is 13.4. The van der Waals surface area contributed by atoms with E-state index in [0.29, 0.717) is 12.1 Å². The van der Waals surface area contributed by atoms with E-state index >= 15 is 0 Å². The fourth-order valence-corrected chi connectivity index (χ4v) is 1.30. The molecule has 0 spiro atoms. The highest BCUT2D eigenvalue weighted by Gasteiger charge is 2.31. The van der Waals surface area contributed by atoms with Crippen LogP contribution >= 0.6 is 0 Å². The minimum atomic E-state index is -4.64. The molecule has 0 saturated heterocycles. The minimum absolute atomic E-state index is 0.250. The van der Waals surface area contributed by atoms with Crippen molar-refractivity contribution < 1.29 is 27.5 Å². The average Bonchev–Trinajstić information content (AvgIpc) is 2.14. The normalized spacial score (nSPS) is 13.5. The summed E-state index contributed by atoms with van der Waals surface area (Å²) in [6.45, 7) is 0. The number of carboxylic acid groups (broad SMARTS) is 1. The summed E-state index contributed by atoms with van der Waals surface area (Å²) in [4.78, 5) is 10.3. The van der Waals surface area contributed by atoms with Crippen LogP contribution in [0.2, 0.25) is 0 Å². The van der Waals surface area contributed by atoms with Crippen molar-refractivity contribution in [3.63, 3.8) is 0 Å². The van der Waals surface area contributed by atoms with E-state index in [2.05, 4.69) is 0 Å². The van der Waals surface area contributed by atoms with Crippen LogP contribution in [0, 0.1) is 5.82 Å². The Morgan fingerprint density at radius 1 is 1.41 bits per heavy atom. The number of benzene rings is 1. The van der Waals surface area contributed by atoms with Crippen LogP contribution in [0.5, 0.6) is 0 Å². The molecule has 1 aromatic carbocycles. The van der Waals surface area contributed by atoms with E-state index in [1.54, 1.807) is 0 Å². The van der Waals surface area contributed by atoms with Gasteiger partial charge in [-0.05, 0) is 12.1 Å². The summed E-state index contributed by atoms with van der Waals surface area (Å²) < 4.78 is 50.0. The van der Waals surface area contributed by atoms with E-state index in [0.717, 1.165) is 6.07 Å². The third kappa shape index (κ3) is 3.42. The van der Waals surface area contributed by atoms with Gasteiger partial charge in [0, 0.05) is 11.6 Å². The lowest BCUT2D eigenvalue weighted by atomic mass is 10.0. The van der Waals surface area contributed by atoms with Gasteiger partial charge in [0.05, 0.1) is 12.0 Å². The number of aliphatic carboxylic acids is 1. The predicted octanol–water partition coefficient (Wildman–Crippen LogP) is 2.32. The van der Waals surface area contributed by atoms with Crippen LogP contribution in [-0.2, 0) is 11.0 Å². The molecule has 0 amide bonds. The molecule has 17 heavy (non-hydrogen) atoms. The smallest absolute Gasteiger partial charge is 0.416 e. The molecule has 0 aliphatic carbocycles. The van der Waals surface area contributed by atoms with E-state index in [1.165, 1.54) is 0 Å². The van der Waals surface area contributed by atoms with Gasteiger partial charge in [-0.3, -0.25) is 4.79 Å². The third-order valence-electron chi connectivity index (χ3n) is 2.12. The van der Waals surface area contributed by atoms with Crippen LogP contribution < -0.4 is 5.73 Å². The highest BCUT2D eigenvalue weighted by molar-refractivity contribution is 5.67. The third-order valence-corrected chi connectivity index (χ3v) is 2.12.